The fourth-order valence-electron chi connectivity index (χ4n) is 3.70. The van der Waals surface area contributed by atoms with Crippen molar-refractivity contribution in [3.63, 3.8) is 0 Å². The van der Waals surface area contributed by atoms with Crippen molar-refractivity contribution in [1.82, 2.24) is 0 Å². The highest BCUT2D eigenvalue weighted by atomic mass is 32.1. The third-order valence-corrected chi connectivity index (χ3v) is 6.31. The zero-order valence-electron chi connectivity index (χ0n) is 16.5. The van der Waals surface area contributed by atoms with Gasteiger partial charge in [0.1, 0.15) is 16.5 Å². The average Bonchev–Trinajstić information content (AvgIpc) is 3.29. The third-order valence-electron chi connectivity index (χ3n) is 5.10. The van der Waals surface area contributed by atoms with Crippen molar-refractivity contribution < 1.29 is 18.7 Å². The van der Waals surface area contributed by atoms with Gasteiger partial charge in [0, 0.05) is 10.4 Å². The van der Waals surface area contributed by atoms with E-state index in [1.54, 1.807) is 19.9 Å². The minimum atomic E-state index is -0.365. The second kappa shape index (κ2) is 8.25. The van der Waals surface area contributed by atoms with Crippen molar-refractivity contribution in [2.24, 2.45) is 0 Å². The molecule has 3 aromatic rings. The maximum atomic E-state index is 13.0. The van der Waals surface area contributed by atoms with E-state index in [9.17, 15) is 9.59 Å². The molecule has 1 aliphatic rings. The first-order valence-electron chi connectivity index (χ1n) is 9.87. The fraction of sp³-hybridized carbons (Fsp3) is 0.304. The number of rotatable bonds is 5. The number of fused-ring (bicyclic) bond motifs is 1. The lowest BCUT2D eigenvalue weighted by Crippen LogP contribution is -2.16. The van der Waals surface area contributed by atoms with Crippen molar-refractivity contribution in [1.29, 1.82) is 0 Å². The van der Waals surface area contributed by atoms with Gasteiger partial charge in [-0.15, -0.1) is 11.3 Å². The molecule has 1 aromatic carbocycles. The maximum Gasteiger partial charge on any atom is 0.341 e. The van der Waals surface area contributed by atoms with Gasteiger partial charge >= 0.3 is 5.97 Å². The number of benzene rings is 1. The van der Waals surface area contributed by atoms with E-state index in [-0.39, 0.29) is 11.9 Å². The zero-order chi connectivity index (χ0) is 20.4. The predicted octanol–water partition coefficient (Wildman–Crippen LogP) is 5.62. The molecule has 150 valence electrons. The van der Waals surface area contributed by atoms with Gasteiger partial charge in [-0.3, -0.25) is 4.79 Å². The number of amides is 1. The molecular formula is C23H23NO4S. The topological polar surface area (TPSA) is 68.5 Å². The van der Waals surface area contributed by atoms with E-state index >= 15 is 0 Å². The molecule has 0 unspecified atom stereocenters. The van der Waals surface area contributed by atoms with Crippen LogP contribution in [0, 0.1) is 6.92 Å². The molecule has 2 heterocycles. The summed E-state index contributed by atoms with van der Waals surface area (Å²) in [5, 5.41) is 3.52. The van der Waals surface area contributed by atoms with Gasteiger partial charge in [-0.05, 0) is 51.2 Å². The number of nitrogens with one attached hydrogen (secondary N) is 1. The molecule has 5 nitrogen and oxygen atoms in total. The molecule has 0 spiro atoms. The van der Waals surface area contributed by atoms with Crippen LogP contribution in [0.4, 0.5) is 5.00 Å². The highest BCUT2D eigenvalue weighted by molar-refractivity contribution is 7.17. The molecule has 6 heteroatoms. The number of furan rings is 1. The Morgan fingerprint density at radius 1 is 1.17 bits per heavy atom. The second-order valence-corrected chi connectivity index (χ2v) is 8.14. The Labute approximate surface area is 173 Å². The fourth-order valence-corrected chi connectivity index (χ4v) is 4.97. The first-order chi connectivity index (χ1) is 14.1. The minimum absolute atomic E-state index is 0.280. The van der Waals surface area contributed by atoms with Crippen molar-refractivity contribution in [2.45, 2.75) is 39.5 Å². The van der Waals surface area contributed by atoms with Gasteiger partial charge in [0.2, 0.25) is 0 Å². The summed E-state index contributed by atoms with van der Waals surface area (Å²) < 4.78 is 11.1. The first kappa shape index (κ1) is 19.5. The Kier molecular flexibility index (Phi) is 5.53. The number of thiophene rings is 1. The highest BCUT2D eigenvalue weighted by Crippen LogP contribution is 2.39. The van der Waals surface area contributed by atoms with Crippen LogP contribution < -0.4 is 5.32 Å². The minimum Gasteiger partial charge on any atom is -0.462 e. The highest BCUT2D eigenvalue weighted by Gasteiger charge is 2.28. The van der Waals surface area contributed by atoms with Crippen molar-refractivity contribution in [3.05, 3.63) is 63.7 Å². The van der Waals surface area contributed by atoms with Crippen LogP contribution in [-0.4, -0.2) is 18.5 Å². The molecule has 0 atom stereocenters. The van der Waals surface area contributed by atoms with E-state index in [0.717, 1.165) is 36.8 Å². The molecule has 0 bridgehead atoms. The van der Waals surface area contributed by atoms with Crippen LogP contribution in [0.2, 0.25) is 0 Å². The second-order valence-electron chi connectivity index (χ2n) is 7.04. The Morgan fingerprint density at radius 3 is 2.69 bits per heavy atom. The number of esters is 1. The number of carbonyl (C=O) groups is 2. The molecular weight excluding hydrogens is 386 g/mol. The Morgan fingerprint density at radius 2 is 1.93 bits per heavy atom. The molecule has 0 radical (unpaired) electrons. The van der Waals surface area contributed by atoms with E-state index in [0.29, 0.717) is 34.3 Å². The lowest BCUT2D eigenvalue weighted by atomic mass is 9.95. The number of aryl methyl sites for hydroxylation is 2. The summed E-state index contributed by atoms with van der Waals surface area (Å²) in [6.45, 7) is 3.86. The summed E-state index contributed by atoms with van der Waals surface area (Å²) in [7, 11) is 0. The third kappa shape index (κ3) is 3.85. The quantitative estimate of drug-likeness (QED) is 0.555. The molecule has 1 N–H and O–H groups in total. The standard InChI is InChI=1S/C23H23NO4S/c1-3-27-23(26)20-16-11-7-8-12-19(16)29-22(20)24-21(25)17-13-18(28-14(17)2)15-9-5-4-6-10-15/h4-6,9-10,13H,3,7-8,11-12H2,1-2H3,(H,24,25). The van der Waals surface area contributed by atoms with Gasteiger partial charge in [0.25, 0.3) is 5.91 Å². The maximum absolute atomic E-state index is 13.0. The molecule has 0 saturated carbocycles. The molecule has 1 amide bonds. The summed E-state index contributed by atoms with van der Waals surface area (Å²) >= 11 is 1.48. The van der Waals surface area contributed by atoms with Gasteiger partial charge in [-0.1, -0.05) is 30.3 Å². The molecule has 4 rings (SSSR count). The summed E-state index contributed by atoms with van der Waals surface area (Å²) in [4.78, 5) is 26.8. The molecule has 0 saturated heterocycles. The SMILES string of the molecule is CCOC(=O)c1c(NC(=O)c2cc(-c3ccccc3)oc2C)sc2c1CCCC2. The van der Waals surface area contributed by atoms with Crippen LogP contribution in [0.1, 0.15) is 56.7 Å². The summed E-state index contributed by atoms with van der Waals surface area (Å²) in [5.74, 6) is 0.540. The Bertz CT molecular complexity index is 1050. The first-order valence-corrected chi connectivity index (χ1v) is 10.7. The van der Waals surface area contributed by atoms with Gasteiger partial charge in [0.15, 0.2) is 0 Å². The zero-order valence-corrected chi connectivity index (χ0v) is 17.4. The lowest BCUT2D eigenvalue weighted by Gasteiger charge is -2.12. The Balaban J connectivity index is 1.65. The summed E-state index contributed by atoms with van der Waals surface area (Å²) in [5.41, 5.74) is 2.92. The van der Waals surface area contributed by atoms with Gasteiger partial charge < -0.3 is 14.5 Å². The lowest BCUT2D eigenvalue weighted by molar-refractivity contribution is 0.0526. The van der Waals surface area contributed by atoms with E-state index in [1.165, 1.54) is 16.2 Å². The molecule has 1 aliphatic carbocycles. The summed E-state index contributed by atoms with van der Waals surface area (Å²) in [6, 6.07) is 11.4. The van der Waals surface area contributed by atoms with E-state index < -0.39 is 0 Å². The number of anilines is 1. The summed E-state index contributed by atoms with van der Waals surface area (Å²) in [6.07, 6.45) is 3.93. The van der Waals surface area contributed by atoms with Crippen molar-refractivity contribution in [2.75, 3.05) is 11.9 Å². The molecule has 0 aliphatic heterocycles. The largest absolute Gasteiger partial charge is 0.462 e. The molecule has 0 fully saturated rings. The Hall–Kier alpha value is -2.86. The van der Waals surface area contributed by atoms with Crippen LogP contribution in [0.5, 0.6) is 0 Å². The number of hydrogen-bond donors (Lipinski definition) is 1. The van der Waals surface area contributed by atoms with Gasteiger partial charge in [0.05, 0.1) is 17.7 Å². The number of hydrogen-bond acceptors (Lipinski definition) is 5. The smallest absolute Gasteiger partial charge is 0.341 e. The molecule has 29 heavy (non-hydrogen) atoms. The van der Waals surface area contributed by atoms with Crippen LogP contribution in [0.25, 0.3) is 11.3 Å². The van der Waals surface area contributed by atoms with Crippen LogP contribution in [-0.2, 0) is 17.6 Å². The number of ether oxygens (including phenoxy) is 1. The van der Waals surface area contributed by atoms with Crippen molar-refractivity contribution in [3.8, 4) is 11.3 Å². The van der Waals surface area contributed by atoms with E-state index in [1.807, 2.05) is 30.3 Å². The van der Waals surface area contributed by atoms with E-state index in [4.69, 9.17) is 9.15 Å². The van der Waals surface area contributed by atoms with Gasteiger partial charge in [-0.2, -0.15) is 0 Å². The number of carbonyl (C=O) groups excluding carboxylic acids is 2. The van der Waals surface area contributed by atoms with E-state index in [2.05, 4.69) is 5.32 Å². The predicted molar refractivity (Wildman–Crippen MR) is 114 cm³/mol. The molecule has 2 aromatic heterocycles. The van der Waals surface area contributed by atoms with Crippen molar-refractivity contribution >= 4 is 28.2 Å². The monoisotopic (exact) mass is 409 g/mol. The van der Waals surface area contributed by atoms with Crippen LogP contribution >= 0.6 is 11.3 Å². The normalized spacial score (nSPS) is 13.0. The average molecular weight is 410 g/mol. The van der Waals surface area contributed by atoms with Crippen LogP contribution in [0.3, 0.4) is 0 Å². The van der Waals surface area contributed by atoms with Crippen LogP contribution in [0.15, 0.2) is 40.8 Å². The van der Waals surface area contributed by atoms with Gasteiger partial charge in [-0.25, -0.2) is 4.79 Å².